The number of nitrogens with one attached hydrogen (secondary N) is 1. The molecule has 0 aliphatic heterocycles. The molecule has 1 aliphatic rings. The van der Waals surface area contributed by atoms with Crippen LogP contribution in [0.5, 0.6) is 0 Å². The van der Waals surface area contributed by atoms with Gasteiger partial charge in [-0.3, -0.25) is 9.59 Å². The third-order valence-electron chi connectivity index (χ3n) is 3.90. The first-order chi connectivity index (χ1) is 10.5. The summed E-state index contributed by atoms with van der Waals surface area (Å²) in [7, 11) is 0. The number of amides is 2. The molecule has 0 saturated heterocycles. The SMILES string of the molecule is CCCN(CCC)C(=O)c1ccc(NC(=O)C2(N)CC2)cc1. The Morgan fingerprint density at radius 3 is 2.14 bits per heavy atom. The summed E-state index contributed by atoms with van der Waals surface area (Å²) in [5, 5.41) is 2.80. The van der Waals surface area contributed by atoms with Crippen molar-refractivity contribution in [3.8, 4) is 0 Å². The zero-order valence-corrected chi connectivity index (χ0v) is 13.4. The molecule has 0 heterocycles. The molecule has 5 nitrogen and oxygen atoms in total. The summed E-state index contributed by atoms with van der Waals surface area (Å²) in [4.78, 5) is 26.2. The second kappa shape index (κ2) is 6.92. The normalized spacial score (nSPS) is 15.2. The first kappa shape index (κ1) is 16.5. The number of nitrogens with zero attached hydrogens (tertiary/aromatic N) is 1. The lowest BCUT2D eigenvalue weighted by Gasteiger charge is -2.21. The zero-order chi connectivity index (χ0) is 16.2. The average molecular weight is 303 g/mol. The van der Waals surface area contributed by atoms with Crippen molar-refractivity contribution in [1.82, 2.24) is 4.90 Å². The largest absolute Gasteiger partial charge is 0.339 e. The first-order valence-electron chi connectivity index (χ1n) is 8.00. The third-order valence-corrected chi connectivity index (χ3v) is 3.90. The summed E-state index contributed by atoms with van der Waals surface area (Å²) < 4.78 is 0. The van der Waals surface area contributed by atoms with E-state index < -0.39 is 5.54 Å². The number of hydrogen-bond donors (Lipinski definition) is 2. The highest BCUT2D eigenvalue weighted by molar-refractivity contribution is 6.00. The molecule has 0 aromatic heterocycles. The van der Waals surface area contributed by atoms with Gasteiger partial charge in [-0.05, 0) is 49.9 Å². The molecular formula is C17H25N3O2. The standard InChI is InChI=1S/C17H25N3O2/c1-3-11-20(12-4-2)15(21)13-5-7-14(8-6-13)19-16(22)17(18)9-10-17/h5-8H,3-4,9-12,18H2,1-2H3,(H,19,22). The van der Waals surface area contributed by atoms with E-state index in [1.807, 2.05) is 4.90 Å². The van der Waals surface area contributed by atoms with Gasteiger partial charge in [-0.15, -0.1) is 0 Å². The maximum atomic E-state index is 12.4. The van der Waals surface area contributed by atoms with Crippen LogP contribution in [0.3, 0.4) is 0 Å². The second-order valence-electron chi connectivity index (χ2n) is 5.98. The molecule has 2 rings (SSSR count). The minimum atomic E-state index is -0.687. The minimum absolute atomic E-state index is 0.0408. The molecule has 0 spiro atoms. The fourth-order valence-corrected chi connectivity index (χ4v) is 2.35. The molecule has 22 heavy (non-hydrogen) atoms. The van der Waals surface area contributed by atoms with E-state index in [-0.39, 0.29) is 11.8 Å². The van der Waals surface area contributed by atoms with E-state index in [9.17, 15) is 9.59 Å². The predicted octanol–water partition coefficient (Wildman–Crippen LogP) is 2.38. The van der Waals surface area contributed by atoms with Gasteiger partial charge in [-0.25, -0.2) is 0 Å². The number of rotatable bonds is 7. The highest BCUT2D eigenvalue weighted by Crippen LogP contribution is 2.33. The van der Waals surface area contributed by atoms with Gasteiger partial charge in [0.2, 0.25) is 5.91 Å². The minimum Gasteiger partial charge on any atom is -0.339 e. The van der Waals surface area contributed by atoms with E-state index >= 15 is 0 Å². The van der Waals surface area contributed by atoms with Crippen molar-refractivity contribution in [2.75, 3.05) is 18.4 Å². The Morgan fingerprint density at radius 1 is 1.14 bits per heavy atom. The summed E-state index contributed by atoms with van der Waals surface area (Å²) in [6.07, 6.45) is 3.35. The molecule has 1 fully saturated rings. The number of nitrogens with two attached hydrogens (primary N) is 1. The van der Waals surface area contributed by atoms with Gasteiger partial charge in [0, 0.05) is 24.3 Å². The Bertz CT molecular complexity index is 529. The number of hydrogen-bond acceptors (Lipinski definition) is 3. The zero-order valence-electron chi connectivity index (χ0n) is 13.4. The molecule has 0 unspecified atom stereocenters. The topological polar surface area (TPSA) is 75.4 Å². The molecule has 2 amide bonds. The van der Waals surface area contributed by atoms with E-state index in [1.54, 1.807) is 24.3 Å². The van der Waals surface area contributed by atoms with Gasteiger partial charge in [-0.1, -0.05) is 13.8 Å². The molecule has 1 aromatic rings. The van der Waals surface area contributed by atoms with Crippen LogP contribution >= 0.6 is 0 Å². The van der Waals surface area contributed by atoms with Crippen LogP contribution in [0.15, 0.2) is 24.3 Å². The van der Waals surface area contributed by atoms with E-state index in [0.29, 0.717) is 11.3 Å². The fraction of sp³-hybridized carbons (Fsp3) is 0.529. The molecule has 3 N–H and O–H groups in total. The number of benzene rings is 1. The summed E-state index contributed by atoms with van der Waals surface area (Å²) in [6.45, 7) is 5.66. The molecule has 120 valence electrons. The third kappa shape index (κ3) is 3.85. The quantitative estimate of drug-likeness (QED) is 0.812. The summed E-state index contributed by atoms with van der Waals surface area (Å²) >= 11 is 0. The lowest BCUT2D eigenvalue weighted by atomic mass is 10.1. The van der Waals surface area contributed by atoms with Crippen LogP contribution in [0.2, 0.25) is 0 Å². The molecule has 5 heteroatoms. The van der Waals surface area contributed by atoms with E-state index in [0.717, 1.165) is 38.8 Å². The van der Waals surface area contributed by atoms with Gasteiger partial charge in [0.1, 0.15) is 0 Å². The van der Waals surface area contributed by atoms with Gasteiger partial charge in [0.05, 0.1) is 5.54 Å². The van der Waals surface area contributed by atoms with E-state index in [1.165, 1.54) is 0 Å². The maximum absolute atomic E-state index is 12.4. The van der Waals surface area contributed by atoms with Gasteiger partial charge in [0.25, 0.3) is 5.91 Å². The number of anilines is 1. The van der Waals surface area contributed by atoms with Crippen LogP contribution in [0.1, 0.15) is 49.9 Å². The summed E-state index contributed by atoms with van der Waals surface area (Å²) in [5.74, 6) is -0.107. The van der Waals surface area contributed by atoms with Gasteiger partial charge in [0.15, 0.2) is 0 Å². The lowest BCUT2D eigenvalue weighted by Crippen LogP contribution is -2.37. The van der Waals surface area contributed by atoms with Crippen molar-refractivity contribution in [1.29, 1.82) is 0 Å². The molecular weight excluding hydrogens is 278 g/mol. The maximum Gasteiger partial charge on any atom is 0.253 e. The molecule has 0 atom stereocenters. The Morgan fingerprint density at radius 2 is 1.68 bits per heavy atom. The van der Waals surface area contributed by atoms with Crippen LogP contribution in [0, 0.1) is 0 Å². The van der Waals surface area contributed by atoms with Crippen LogP contribution in [-0.2, 0) is 4.79 Å². The average Bonchev–Trinajstić information content (AvgIpc) is 3.26. The van der Waals surface area contributed by atoms with Gasteiger partial charge < -0.3 is 16.0 Å². The van der Waals surface area contributed by atoms with Crippen LogP contribution in [0.25, 0.3) is 0 Å². The second-order valence-corrected chi connectivity index (χ2v) is 5.98. The van der Waals surface area contributed by atoms with Crippen molar-refractivity contribution in [2.45, 2.75) is 45.1 Å². The smallest absolute Gasteiger partial charge is 0.253 e. The molecule has 1 saturated carbocycles. The fourth-order valence-electron chi connectivity index (χ4n) is 2.35. The molecule has 1 aliphatic carbocycles. The van der Waals surface area contributed by atoms with Crippen molar-refractivity contribution in [3.05, 3.63) is 29.8 Å². The Balaban J connectivity index is 2.01. The monoisotopic (exact) mass is 303 g/mol. The molecule has 1 aromatic carbocycles. The van der Waals surface area contributed by atoms with E-state index in [4.69, 9.17) is 5.73 Å². The van der Waals surface area contributed by atoms with Crippen molar-refractivity contribution < 1.29 is 9.59 Å². The van der Waals surface area contributed by atoms with Crippen LogP contribution < -0.4 is 11.1 Å². The highest BCUT2D eigenvalue weighted by Gasteiger charge is 2.45. The summed E-state index contributed by atoms with van der Waals surface area (Å²) in [6, 6.07) is 7.03. The summed E-state index contributed by atoms with van der Waals surface area (Å²) in [5.41, 5.74) is 6.49. The highest BCUT2D eigenvalue weighted by atomic mass is 16.2. The van der Waals surface area contributed by atoms with Crippen molar-refractivity contribution >= 4 is 17.5 Å². The van der Waals surface area contributed by atoms with Crippen molar-refractivity contribution in [3.63, 3.8) is 0 Å². The number of carbonyl (C=O) groups excluding carboxylic acids is 2. The van der Waals surface area contributed by atoms with Crippen LogP contribution in [-0.4, -0.2) is 35.3 Å². The Hall–Kier alpha value is -1.88. The van der Waals surface area contributed by atoms with Gasteiger partial charge >= 0.3 is 0 Å². The van der Waals surface area contributed by atoms with Crippen molar-refractivity contribution in [2.24, 2.45) is 5.73 Å². The Labute approximate surface area is 131 Å². The first-order valence-corrected chi connectivity index (χ1v) is 8.00. The van der Waals surface area contributed by atoms with Crippen LogP contribution in [0.4, 0.5) is 5.69 Å². The number of carbonyl (C=O) groups is 2. The lowest BCUT2D eigenvalue weighted by molar-refractivity contribution is -0.118. The molecule has 0 bridgehead atoms. The van der Waals surface area contributed by atoms with Gasteiger partial charge in [-0.2, -0.15) is 0 Å². The van der Waals surface area contributed by atoms with E-state index in [2.05, 4.69) is 19.2 Å². The predicted molar refractivity (Wildman–Crippen MR) is 87.7 cm³/mol. The molecule has 0 radical (unpaired) electrons. The Kier molecular flexibility index (Phi) is 5.19.